The van der Waals surface area contributed by atoms with Gasteiger partial charge in [0.2, 0.25) is 0 Å². The third kappa shape index (κ3) is 4.87. The summed E-state index contributed by atoms with van der Waals surface area (Å²) in [6.07, 6.45) is 0. The van der Waals surface area contributed by atoms with E-state index in [1.807, 2.05) is 0 Å². The van der Waals surface area contributed by atoms with Crippen LogP contribution in [0, 0.1) is 17.5 Å². The number of nitrogens with zero attached hydrogens (tertiary/aromatic N) is 2. The lowest BCUT2D eigenvalue weighted by molar-refractivity contribution is 0.0885. The maximum Gasteiger partial charge on any atom is 0.251 e. The van der Waals surface area contributed by atoms with Gasteiger partial charge in [-0.2, -0.15) is 0 Å². The predicted molar refractivity (Wildman–Crippen MR) is 96.9 cm³/mol. The normalized spacial score (nSPS) is 16.9. The van der Waals surface area contributed by atoms with Crippen LogP contribution >= 0.6 is 0 Å². The molecule has 1 aliphatic rings. The second-order valence-electron chi connectivity index (χ2n) is 6.75. The summed E-state index contributed by atoms with van der Waals surface area (Å²) in [6.45, 7) is 3.72. The summed E-state index contributed by atoms with van der Waals surface area (Å²) in [5.41, 5.74) is 0.955. The molecule has 0 saturated carbocycles. The zero-order chi connectivity index (χ0) is 19.4. The smallest absolute Gasteiger partial charge is 0.251 e. The van der Waals surface area contributed by atoms with Crippen LogP contribution in [0.2, 0.25) is 0 Å². The number of amides is 1. The molecular formula is C20H22F3N3O. The molecule has 1 N–H and O–H groups in total. The predicted octanol–water partition coefficient (Wildman–Crippen LogP) is 2.82. The van der Waals surface area contributed by atoms with Crippen molar-refractivity contribution in [3.8, 4) is 0 Å². The summed E-state index contributed by atoms with van der Waals surface area (Å²) in [7, 11) is 2.05. The van der Waals surface area contributed by atoms with Crippen molar-refractivity contribution >= 4 is 5.91 Å². The van der Waals surface area contributed by atoms with Crippen LogP contribution in [0.4, 0.5) is 13.2 Å². The molecule has 1 aliphatic heterocycles. The molecule has 0 unspecified atom stereocenters. The van der Waals surface area contributed by atoms with Crippen molar-refractivity contribution in [3.63, 3.8) is 0 Å². The minimum Gasteiger partial charge on any atom is -0.350 e. The molecule has 0 spiro atoms. The number of nitrogens with one attached hydrogen (secondary N) is 1. The van der Waals surface area contributed by atoms with Gasteiger partial charge in [0.05, 0.1) is 6.04 Å². The van der Waals surface area contributed by atoms with E-state index in [1.54, 1.807) is 12.1 Å². The van der Waals surface area contributed by atoms with Gasteiger partial charge in [-0.3, -0.25) is 9.69 Å². The van der Waals surface area contributed by atoms with E-state index in [0.29, 0.717) is 0 Å². The lowest BCUT2D eigenvalue weighted by atomic mass is 10.0. The Morgan fingerprint density at radius 2 is 1.67 bits per heavy atom. The molecule has 1 amide bonds. The van der Waals surface area contributed by atoms with Gasteiger partial charge >= 0.3 is 0 Å². The highest BCUT2D eigenvalue weighted by Crippen LogP contribution is 2.22. The van der Waals surface area contributed by atoms with Gasteiger partial charge < -0.3 is 10.2 Å². The van der Waals surface area contributed by atoms with Gasteiger partial charge in [0, 0.05) is 38.3 Å². The second kappa shape index (κ2) is 8.54. The van der Waals surface area contributed by atoms with E-state index in [2.05, 4.69) is 22.2 Å². The molecule has 2 aromatic rings. The van der Waals surface area contributed by atoms with Gasteiger partial charge in [-0.05, 0) is 42.9 Å². The van der Waals surface area contributed by atoms with Crippen molar-refractivity contribution < 1.29 is 18.0 Å². The van der Waals surface area contributed by atoms with Crippen LogP contribution < -0.4 is 5.32 Å². The molecule has 0 radical (unpaired) electrons. The molecule has 4 nitrogen and oxygen atoms in total. The Hall–Kier alpha value is -2.38. The maximum atomic E-state index is 13.4. The van der Waals surface area contributed by atoms with Crippen molar-refractivity contribution in [2.45, 2.75) is 6.04 Å². The van der Waals surface area contributed by atoms with Gasteiger partial charge in [0.15, 0.2) is 11.6 Å². The summed E-state index contributed by atoms with van der Waals surface area (Å²) < 4.78 is 39.7. The standard InChI is InChI=1S/C20H22F3N3O/c1-25-8-10-26(11-9-25)19(14-2-5-16(21)6-3-14)13-24-20(27)15-4-7-17(22)18(23)12-15/h2-7,12,19H,8-11,13H2,1H3,(H,24,27)/t19-/m1/s1. The van der Waals surface area contributed by atoms with Crippen LogP contribution in [-0.2, 0) is 0 Å². The molecule has 0 aliphatic carbocycles. The quantitative estimate of drug-likeness (QED) is 0.871. The van der Waals surface area contributed by atoms with Crippen LogP contribution in [0.15, 0.2) is 42.5 Å². The monoisotopic (exact) mass is 377 g/mol. The zero-order valence-corrected chi connectivity index (χ0v) is 15.1. The molecule has 7 heteroatoms. The van der Waals surface area contributed by atoms with Crippen molar-refractivity contribution in [1.82, 2.24) is 15.1 Å². The molecular weight excluding hydrogens is 355 g/mol. The van der Waals surface area contributed by atoms with Gasteiger partial charge in [-0.15, -0.1) is 0 Å². The Bertz CT molecular complexity index is 790. The third-order valence-corrected chi connectivity index (χ3v) is 4.87. The fourth-order valence-electron chi connectivity index (χ4n) is 3.21. The molecule has 0 aromatic heterocycles. The number of rotatable bonds is 5. The number of carbonyl (C=O) groups excluding carboxylic acids is 1. The molecule has 3 rings (SSSR count). The number of benzene rings is 2. The molecule has 2 aromatic carbocycles. The van der Waals surface area contributed by atoms with Gasteiger partial charge in [0.25, 0.3) is 5.91 Å². The van der Waals surface area contributed by atoms with Gasteiger partial charge in [-0.1, -0.05) is 12.1 Å². The molecule has 1 heterocycles. The first-order valence-corrected chi connectivity index (χ1v) is 8.85. The fourth-order valence-corrected chi connectivity index (χ4v) is 3.21. The van der Waals surface area contributed by atoms with Crippen molar-refractivity contribution in [2.24, 2.45) is 0 Å². The van der Waals surface area contributed by atoms with Gasteiger partial charge in [-0.25, -0.2) is 13.2 Å². The summed E-state index contributed by atoms with van der Waals surface area (Å²) in [6, 6.07) is 9.15. The third-order valence-electron chi connectivity index (χ3n) is 4.87. The number of hydrogen-bond acceptors (Lipinski definition) is 3. The second-order valence-corrected chi connectivity index (χ2v) is 6.75. The number of piperazine rings is 1. The molecule has 0 bridgehead atoms. The van der Waals surface area contributed by atoms with E-state index in [0.717, 1.165) is 43.9 Å². The van der Waals surface area contributed by atoms with Crippen molar-refractivity contribution in [3.05, 3.63) is 71.0 Å². The number of carbonyl (C=O) groups is 1. The fraction of sp³-hybridized carbons (Fsp3) is 0.350. The summed E-state index contributed by atoms with van der Waals surface area (Å²) in [4.78, 5) is 16.8. The van der Waals surface area contributed by atoms with Crippen LogP contribution in [-0.4, -0.2) is 55.5 Å². The molecule has 27 heavy (non-hydrogen) atoms. The van der Waals surface area contributed by atoms with Crippen molar-refractivity contribution in [1.29, 1.82) is 0 Å². The average molecular weight is 377 g/mol. The Morgan fingerprint density at radius 3 is 2.30 bits per heavy atom. The molecule has 1 fully saturated rings. The Balaban J connectivity index is 1.73. The maximum absolute atomic E-state index is 13.4. The van der Waals surface area contributed by atoms with Crippen LogP contribution in [0.1, 0.15) is 22.0 Å². The lowest BCUT2D eigenvalue weighted by Crippen LogP contribution is -2.48. The Morgan fingerprint density at radius 1 is 1.00 bits per heavy atom. The number of hydrogen-bond donors (Lipinski definition) is 1. The highest BCUT2D eigenvalue weighted by Gasteiger charge is 2.24. The van der Waals surface area contributed by atoms with Crippen LogP contribution in [0.5, 0.6) is 0 Å². The summed E-state index contributed by atoms with van der Waals surface area (Å²) >= 11 is 0. The minimum absolute atomic E-state index is 0.0603. The van der Waals surface area contributed by atoms with E-state index < -0.39 is 17.5 Å². The Kier molecular flexibility index (Phi) is 6.13. The highest BCUT2D eigenvalue weighted by molar-refractivity contribution is 5.94. The largest absolute Gasteiger partial charge is 0.350 e. The van der Waals surface area contributed by atoms with Crippen molar-refractivity contribution in [2.75, 3.05) is 39.8 Å². The molecule has 144 valence electrons. The zero-order valence-electron chi connectivity index (χ0n) is 15.1. The van der Waals surface area contributed by atoms with E-state index in [4.69, 9.17) is 0 Å². The summed E-state index contributed by atoms with van der Waals surface area (Å²) in [5, 5.41) is 2.79. The van der Waals surface area contributed by atoms with Crippen LogP contribution in [0.3, 0.4) is 0 Å². The van der Waals surface area contributed by atoms with E-state index in [1.165, 1.54) is 18.2 Å². The summed E-state index contributed by atoms with van der Waals surface area (Å²) in [5.74, 6) is -2.85. The first-order chi connectivity index (χ1) is 12.9. The SMILES string of the molecule is CN1CCN([C@H](CNC(=O)c2ccc(F)c(F)c2)c2ccc(F)cc2)CC1. The topological polar surface area (TPSA) is 35.6 Å². The first-order valence-electron chi connectivity index (χ1n) is 8.85. The van der Waals surface area contributed by atoms with E-state index in [9.17, 15) is 18.0 Å². The molecule has 1 atom stereocenters. The number of likely N-dealkylation sites (N-methyl/N-ethyl adjacent to an activating group) is 1. The number of halogens is 3. The van der Waals surface area contributed by atoms with Crippen LogP contribution in [0.25, 0.3) is 0 Å². The van der Waals surface area contributed by atoms with E-state index >= 15 is 0 Å². The molecule has 1 saturated heterocycles. The lowest BCUT2D eigenvalue weighted by Gasteiger charge is -2.38. The average Bonchev–Trinajstić information content (AvgIpc) is 2.66. The highest BCUT2D eigenvalue weighted by atomic mass is 19.2. The minimum atomic E-state index is -1.06. The van der Waals surface area contributed by atoms with E-state index in [-0.39, 0.29) is 24.0 Å². The Labute approximate surface area is 156 Å². The van der Waals surface area contributed by atoms with Gasteiger partial charge in [0.1, 0.15) is 5.82 Å². The first kappa shape index (κ1) is 19.4.